The Kier molecular flexibility index (Phi) is 3.66. The molecule has 0 unspecified atom stereocenters. The molecule has 1 aliphatic heterocycles. The lowest BCUT2D eigenvalue weighted by Gasteiger charge is -2.27. The van der Waals surface area contributed by atoms with Crippen LogP contribution in [-0.4, -0.2) is 34.6 Å². The number of hydrogen-bond acceptors (Lipinski definition) is 2. The van der Waals surface area contributed by atoms with Crippen LogP contribution in [0.3, 0.4) is 0 Å². The Balaban J connectivity index is 2.64. The van der Waals surface area contributed by atoms with Crippen LogP contribution < -0.4 is 0 Å². The molecule has 2 atom stereocenters. The monoisotopic (exact) mass is 231 g/mol. The molecule has 1 fully saturated rings. The fourth-order valence-electron chi connectivity index (χ4n) is 1.59. The molecule has 0 aliphatic carbocycles. The molecule has 0 aromatic carbocycles. The predicted octanol–water partition coefficient (Wildman–Crippen LogP) is 2.79. The number of carbonyl (C=O) groups is 1. The van der Waals surface area contributed by atoms with Crippen LogP contribution in [0, 0.1) is 0 Å². The fraction of sp³-hybridized carbons (Fsp3) is 0.727. The number of likely N-dealkylation sites (tertiary alicyclic amines) is 1. The van der Waals surface area contributed by atoms with Gasteiger partial charge in [0.05, 0.1) is 11.4 Å². The summed E-state index contributed by atoms with van der Waals surface area (Å²) in [5.74, 6) is 0. The Bertz CT molecular complexity index is 260. The molecule has 1 heterocycles. The normalized spacial score (nSPS) is 26.5. The number of ether oxygens (including phenoxy) is 1. The van der Waals surface area contributed by atoms with Gasteiger partial charge in [0, 0.05) is 6.54 Å². The largest absolute Gasteiger partial charge is 0.444 e. The molecule has 1 rings (SSSR count). The van der Waals surface area contributed by atoms with Crippen molar-refractivity contribution in [2.45, 2.75) is 44.2 Å². The van der Waals surface area contributed by atoms with Gasteiger partial charge in [0.25, 0.3) is 0 Å². The van der Waals surface area contributed by atoms with Crippen LogP contribution in [0.15, 0.2) is 12.7 Å². The molecule has 15 heavy (non-hydrogen) atoms. The lowest BCUT2D eigenvalue weighted by Crippen LogP contribution is -2.40. The third-order valence-corrected chi connectivity index (χ3v) is 2.72. The average molecular weight is 232 g/mol. The summed E-state index contributed by atoms with van der Waals surface area (Å²) in [6, 6.07) is -0.110. The molecular weight excluding hydrogens is 214 g/mol. The molecule has 0 N–H and O–H groups in total. The second kappa shape index (κ2) is 4.44. The Morgan fingerprint density at radius 3 is 2.67 bits per heavy atom. The molecule has 4 heteroatoms. The maximum absolute atomic E-state index is 11.8. The summed E-state index contributed by atoms with van der Waals surface area (Å²) in [7, 11) is 0. The first-order chi connectivity index (χ1) is 6.85. The van der Waals surface area contributed by atoms with Crippen molar-refractivity contribution in [1.82, 2.24) is 4.90 Å². The Labute approximate surface area is 96.0 Å². The van der Waals surface area contributed by atoms with Gasteiger partial charge in [-0.15, -0.1) is 18.2 Å². The summed E-state index contributed by atoms with van der Waals surface area (Å²) in [5, 5.41) is -0.0463. The minimum absolute atomic E-state index is 0.0463. The van der Waals surface area contributed by atoms with Crippen LogP contribution >= 0.6 is 11.6 Å². The van der Waals surface area contributed by atoms with Gasteiger partial charge in [0.2, 0.25) is 0 Å². The van der Waals surface area contributed by atoms with Gasteiger partial charge in [0.15, 0.2) is 0 Å². The molecule has 86 valence electrons. The molecule has 3 nitrogen and oxygen atoms in total. The van der Waals surface area contributed by atoms with Gasteiger partial charge in [-0.1, -0.05) is 6.08 Å². The van der Waals surface area contributed by atoms with Crippen LogP contribution in [0.5, 0.6) is 0 Å². The van der Waals surface area contributed by atoms with Crippen molar-refractivity contribution in [2.24, 2.45) is 0 Å². The molecule has 1 aliphatic rings. The fourth-order valence-corrected chi connectivity index (χ4v) is 1.92. The van der Waals surface area contributed by atoms with E-state index in [-0.39, 0.29) is 17.5 Å². The van der Waals surface area contributed by atoms with Gasteiger partial charge in [0.1, 0.15) is 5.60 Å². The second-order valence-electron chi connectivity index (χ2n) is 4.70. The number of carbonyl (C=O) groups excluding carboxylic acids is 1. The van der Waals surface area contributed by atoms with Crippen molar-refractivity contribution >= 4 is 17.7 Å². The summed E-state index contributed by atoms with van der Waals surface area (Å²) in [6.07, 6.45) is 2.18. The summed E-state index contributed by atoms with van der Waals surface area (Å²) in [5.41, 5.74) is -0.465. The highest BCUT2D eigenvalue weighted by Crippen LogP contribution is 2.25. The van der Waals surface area contributed by atoms with Gasteiger partial charge in [-0.25, -0.2) is 4.79 Å². The molecule has 0 saturated carbocycles. The van der Waals surface area contributed by atoms with Crippen molar-refractivity contribution in [3.63, 3.8) is 0 Å². The first-order valence-corrected chi connectivity index (χ1v) is 5.55. The zero-order valence-electron chi connectivity index (χ0n) is 9.50. The van der Waals surface area contributed by atoms with Gasteiger partial charge in [-0.2, -0.15) is 0 Å². The minimum atomic E-state index is -0.465. The van der Waals surface area contributed by atoms with Crippen LogP contribution in [0.1, 0.15) is 27.2 Å². The standard InChI is InChI=1S/C11H18ClNO2/c1-5-9-8(12)6-7-13(9)10(14)15-11(2,3)4/h5,8-9H,1,6-7H2,2-4H3/t8-,9+/m1/s1. The number of nitrogens with zero attached hydrogens (tertiary/aromatic N) is 1. The number of rotatable bonds is 1. The second-order valence-corrected chi connectivity index (χ2v) is 5.27. The van der Waals surface area contributed by atoms with E-state index in [1.807, 2.05) is 20.8 Å². The van der Waals surface area contributed by atoms with Gasteiger partial charge >= 0.3 is 6.09 Å². The van der Waals surface area contributed by atoms with Crippen LogP contribution in [-0.2, 0) is 4.74 Å². The van der Waals surface area contributed by atoms with E-state index in [0.29, 0.717) is 6.54 Å². The van der Waals surface area contributed by atoms with Gasteiger partial charge < -0.3 is 9.64 Å². The van der Waals surface area contributed by atoms with E-state index in [4.69, 9.17) is 16.3 Å². The lowest BCUT2D eigenvalue weighted by molar-refractivity contribution is 0.0257. The van der Waals surface area contributed by atoms with Crippen molar-refractivity contribution in [3.05, 3.63) is 12.7 Å². The first-order valence-electron chi connectivity index (χ1n) is 5.11. The van der Waals surface area contributed by atoms with Crippen molar-refractivity contribution in [3.8, 4) is 0 Å². The van der Waals surface area contributed by atoms with E-state index in [0.717, 1.165) is 6.42 Å². The first kappa shape index (κ1) is 12.4. The summed E-state index contributed by atoms with van der Waals surface area (Å²) >= 11 is 6.07. The lowest BCUT2D eigenvalue weighted by atomic mass is 10.2. The molecule has 1 saturated heterocycles. The molecule has 0 aromatic rings. The molecule has 0 radical (unpaired) electrons. The third kappa shape index (κ3) is 3.13. The number of amides is 1. The van der Waals surface area contributed by atoms with Crippen LogP contribution in [0.4, 0.5) is 4.79 Å². The maximum Gasteiger partial charge on any atom is 0.410 e. The van der Waals surface area contributed by atoms with Crippen molar-refractivity contribution in [2.75, 3.05) is 6.54 Å². The van der Waals surface area contributed by atoms with E-state index < -0.39 is 5.60 Å². The predicted molar refractivity (Wildman–Crippen MR) is 61.2 cm³/mol. The molecule has 0 aromatic heterocycles. The van der Waals surface area contributed by atoms with Crippen molar-refractivity contribution in [1.29, 1.82) is 0 Å². The Morgan fingerprint density at radius 1 is 1.60 bits per heavy atom. The van der Waals surface area contributed by atoms with E-state index >= 15 is 0 Å². The van der Waals surface area contributed by atoms with E-state index in [2.05, 4.69) is 6.58 Å². The molecular formula is C11H18ClNO2. The number of hydrogen-bond donors (Lipinski definition) is 0. The zero-order valence-corrected chi connectivity index (χ0v) is 10.3. The summed E-state index contributed by atoms with van der Waals surface area (Å²) in [4.78, 5) is 13.4. The maximum atomic E-state index is 11.8. The number of alkyl halides is 1. The summed E-state index contributed by atoms with van der Waals surface area (Å²) in [6.45, 7) is 9.87. The van der Waals surface area contributed by atoms with E-state index in [1.54, 1.807) is 11.0 Å². The van der Waals surface area contributed by atoms with Crippen LogP contribution in [0.2, 0.25) is 0 Å². The molecule has 0 spiro atoms. The van der Waals surface area contributed by atoms with E-state index in [1.165, 1.54) is 0 Å². The highest BCUT2D eigenvalue weighted by atomic mass is 35.5. The zero-order chi connectivity index (χ0) is 11.6. The highest BCUT2D eigenvalue weighted by Gasteiger charge is 2.36. The average Bonchev–Trinajstić information content (AvgIpc) is 2.43. The minimum Gasteiger partial charge on any atom is -0.444 e. The molecule has 1 amide bonds. The van der Waals surface area contributed by atoms with Crippen LogP contribution in [0.25, 0.3) is 0 Å². The Hall–Kier alpha value is -0.700. The molecule has 0 bridgehead atoms. The quantitative estimate of drug-likeness (QED) is 0.513. The van der Waals surface area contributed by atoms with Gasteiger partial charge in [-0.3, -0.25) is 0 Å². The smallest absolute Gasteiger partial charge is 0.410 e. The Morgan fingerprint density at radius 2 is 2.20 bits per heavy atom. The summed E-state index contributed by atoms with van der Waals surface area (Å²) < 4.78 is 5.28. The van der Waals surface area contributed by atoms with Gasteiger partial charge in [-0.05, 0) is 27.2 Å². The van der Waals surface area contributed by atoms with E-state index in [9.17, 15) is 4.79 Å². The SMILES string of the molecule is C=C[C@H]1[C@H](Cl)CCN1C(=O)OC(C)(C)C. The third-order valence-electron chi connectivity index (χ3n) is 2.25. The number of halogens is 1. The van der Waals surface area contributed by atoms with Crippen molar-refractivity contribution < 1.29 is 9.53 Å². The highest BCUT2D eigenvalue weighted by molar-refractivity contribution is 6.21. The topological polar surface area (TPSA) is 29.5 Å².